The summed E-state index contributed by atoms with van der Waals surface area (Å²) in [5.41, 5.74) is 2.54. The number of nitrogens with zero attached hydrogens (tertiary/aromatic N) is 2. The van der Waals surface area contributed by atoms with Crippen molar-refractivity contribution in [3.63, 3.8) is 0 Å². The van der Waals surface area contributed by atoms with Crippen molar-refractivity contribution in [1.29, 1.82) is 5.26 Å². The molecule has 0 saturated carbocycles. The number of benzene rings is 2. The third-order valence-electron chi connectivity index (χ3n) is 3.46. The monoisotopic (exact) mass is 313 g/mol. The molecule has 22 heavy (non-hydrogen) atoms. The smallest absolute Gasteiger partial charge is 0.326 e. The molecule has 1 heterocycles. The lowest BCUT2D eigenvalue weighted by atomic mass is 10.2. The van der Waals surface area contributed by atoms with Gasteiger partial charge in [0.25, 0.3) is 0 Å². The Bertz CT molecular complexity index is 950. The zero-order valence-electron chi connectivity index (χ0n) is 11.8. The van der Waals surface area contributed by atoms with Crippen molar-refractivity contribution in [3.8, 4) is 11.8 Å². The van der Waals surface area contributed by atoms with Gasteiger partial charge < -0.3 is 9.72 Å². The summed E-state index contributed by atoms with van der Waals surface area (Å²) < 4.78 is 6.69. The Balaban J connectivity index is 2.07. The molecule has 0 radical (unpaired) electrons. The number of fused-ring (bicyclic) bond motifs is 1. The van der Waals surface area contributed by atoms with E-state index in [2.05, 4.69) is 11.1 Å². The Morgan fingerprint density at radius 1 is 1.32 bits per heavy atom. The maximum Gasteiger partial charge on any atom is 0.326 e. The molecule has 0 aliphatic rings. The summed E-state index contributed by atoms with van der Waals surface area (Å²) in [6.45, 7) is 0.359. The molecule has 0 aliphatic carbocycles. The van der Waals surface area contributed by atoms with Crippen molar-refractivity contribution < 1.29 is 4.74 Å². The number of ether oxygens (including phenoxy) is 1. The first kappa shape index (κ1) is 14.2. The number of hydrogen-bond acceptors (Lipinski definition) is 3. The number of aromatic amines is 1. The zero-order chi connectivity index (χ0) is 15.7. The SMILES string of the molecule is COc1ccc(Cn2c(=O)[nH]c3ccc(C#N)cc32)cc1Cl. The van der Waals surface area contributed by atoms with Crippen molar-refractivity contribution in [2.75, 3.05) is 7.11 Å². The lowest BCUT2D eigenvalue weighted by Crippen LogP contribution is -2.17. The molecule has 3 rings (SSSR count). The lowest BCUT2D eigenvalue weighted by Gasteiger charge is -2.07. The molecular formula is C16H12ClN3O2. The quantitative estimate of drug-likeness (QED) is 0.808. The molecule has 0 amide bonds. The summed E-state index contributed by atoms with van der Waals surface area (Å²) in [6.07, 6.45) is 0. The van der Waals surface area contributed by atoms with E-state index >= 15 is 0 Å². The van der Waals surface area contributed by atoms with Gasteiger partial charge in [-0.1, -0.05) is 17.7 Å². The molecular weight excluding hydrogens is 302 g/mol. The summed E-state index contributed by atoms with van der Waals surface area (Å²) >= 11 is 6.11. The molecule has 1 N–H and O–H groups in total. The number of rotatable bonds is 3. The van der Waals surface area contributed by atoms with Crippen LogP contribution in [0.4, 0.5) is 0 Å². The normalized spacial score (nSPS) is 10.6. The Labute approximate surface area is 131 Å². The van der Waals surface area contributed by atoms with Gasteiger partial charge >= 0.3 is 5.69 Å². The van der Waals surface area contributed by atoms with Gasteiger partial charge in [0.05, 0.1) is 41.3 Å². The van der Waals surface area contributed by atoms with Crippen molar-refractivity contribution in [2.24, 2.45) is 0 Å². The van der Waals surface area contributed by atoms with Gasteiger partial charge in [0.1, 0.15) is 5.75 Å². The number of halogens is 1. The fourth-order valence-electron chi connectivity index (χ4n) is 2.37. The topological polar surface area (TPSA) is 70.8 Å². The van der Waals surface area contributed by atoms with Crippen LogP contribution in [0.25, 0.3) is 11.0 Å². The van der Waals surface area contributed by atoms with Gasteiger partial charge in [-0.05, 0) is 35.9 Å². The molecule has 3 aromatic rings. The van der Waals surface area contributed by atoms with Crippen LogP contribution >= 0.6 is 11.6 Å². The third-order valence-corrected chi connectivity index (χ3v) is 3.76. The van der Waals surface area contributed by atoms with Crippen LogP contribution in [0.3, 0.4) is 0 Å². The van der Waals surface area contributed by atoms with Crippen LogP contribution in [0, 0.1) is 11.3 Å². The van der Waals surface area contributed by atoms with Crippen LogP contribution in [0.5, 0.6) is 5.75 Å². The van der Waals surface area contributed by atoms with Gasteiger partial charge in [-0.3, -0.25) is 4.57 Å². The average molecular weight is 314 g/mol. The van der Waals surface area contributed by atoms with E-state index in [0.717, 1.165) is 5.56 Å². The minimum Gasteiger partial charge on any atom is -0.495 e. The summed E-state index contributed by atoms with van der Waals surface area (Å²) in [5, 5.41) is 9.49. The van der Waals surface area contributed by atoms with Gasteiger partial charge in [-0.25, -0.2) is 4.79 Å². The fourth-order valence-corrected chi connectivity index (χ4v) is 2.65. The highest BCUT2D eigenvalue weighted by Crippen LogP contribution is 2.25. The summed E-state index contributed by atoms with van der Waals surface area (Å²) in [5.74, 6) is 0.587. The highest BCUT2D eigenvalue weighted by molar-refractivity contribution is 6.32. The Morgan fingerprint density at radius 2 is 2.14 bits per heavy atom. The maximum atomic E-state index is 12.1. The highest BCUT2D eigenvalue weighted by atomic mass is 35.5. The number of nitrogens with one attached hydrogen (secondary N) is 1. The van der Waals surface area contributed by atoms with E-state index in [4.69, 9.17) is 21.6 Å². The number of H-pyrrole nitrogens is 1. The molecule has 5 nitrogen and oxygen atoms in total. The minimum absolute atomic E-state index is 0.225. The minimum atomic E-state index is -0.225. The van der Waals surface area contributed by atoms with E-state index in [0.29, 0.717) is 33.9 Å². The van der Waals surface area contributed by atoms with Crippen molar-refractivity contribution in [2.45, 2.75) is 6.54 Å². The number of nitriles is 1. The van der Waals surface area contributed by atoms with E-state index in [1.54, 1.807) is 42.0 Å². The predicted octanol–water partition coefficient (Wildman–Crippen LogP) is 2.91. The van der Waals surface area contributed by atoms with Crippen LogP contribution in [-0.2, 0) is 6.54 Å². The molecule has 2 aromatic carbocycles. The van der Waals surface area contributed by atoms with Gasteiger partial charge in [-0.15, -0.1) is 0 Å². The van der Waals surface area contributed by atoms with Crippen LogP contribution in [0.15, 0.2) is 41.2 Å². The fraction of sp³-hybridized carbons (Fsp3) is 0.125. The largest absolute Gasteiger partial charge is 0.495 e. The van der Waals surface area contributed by atoms with Crippen molar-refractivity contribution >= 4 is 22.6 Å². The van der Waals surface area contributed by atoms with Crippen LogP contribution in [-0.4, -0.2) is 16.7 Å². The second-order valence-corrected chi connectivity index (χ2v) is 5.24. The van der Waals surface area contributed by atoms with Crippen LogP contribution < -0.4 is 10.4 Å². The van der Waals surface area contributed by atoms with E-state index < -0.39 is 0 Å². The standard InChI is InChI=1S/C16H12ClN3O2/c1-22-15-5-3-11(6-12(15)17)9-20-14-7-10(8-18)2-4-13(14)19-16(20)21/h2-7H,9H2,1H3,(H,19,21). The maximum absolute atomic E-state index is 12.1. The summed E-state index contributed by atoms with van der Waals surface area (Å²) in [7, 11) is 1.55. The van der Waals surface area contributed by atoms with E-state index in [1.807, 2.05) is 6.07 Å². The van der Waals surface area contributed by atoms with E-state index in [-0.39, 0.29) is 5.69 Å². The van der Waals surface area contributed by atoms with Gasteiger partial charge in [0, 0.05) is 0 Å². The number of hydrogen-bond donors (Lipinski definition) is 1. The number of aromatic nitrogens is 2. The second kappa shape index (κ2) is 5.58. The first-order chi connectivity index (χ1) is 10.6. The molecule has 0 saturated heterocycles. The summed E-state index contributed by atoms with van der Waals surface area (Å²) in [4.78, 5) is 14.9. The summed E-state index contributed by atoms with van der Waals surface area (Å²) in [6, 6.07) is 12.5. The van der Waals surface area contributed by atoms with Crippen molar-refractivity contribution in [3.05, 3.63) is 63.0 Å². The highest BCUT2D eigenvalue weighted by Gasteiger charge is 2.09. The average Bonchev–Trinajstić information content (AvgIpc) is 2.83. The number of methoxy groups -OCH3 is 1. The molecule has 6 heteroatoms. The Morgan fingerprint density at radius 3 is 2.82 bits per heavy atom. The van der Waals surface area contributed by atoms with Gasteiger partial charge in [-0.2, -0.15) is 5.26 Å². The van der Waals surface area contributed by atoms with E-state index in [1.165, 1.54) is 0 Å². The molecule has 1 aromatic heterocycles. The number of imidazole rings is 1. The Hall–Kier alpha value is -2.71. The van der Waals surface area contributed by atoms with Crippen LogP contribution in [0.2, 0.25) is 5.02 Å². The molecule has 0 unspecified atom stereocenters. The molecule has 0 atom stereocenters. The van der Waals surface area contributed by atoms with Crippen molar-refractivity contribution in [1.82, 2.24) is 9.55 Å². The van der Waals surface area contributed by atoms with Gasteiger partial charge in [0.2, 0.25) is 0 Å². The first-order valence-electron chi connectivity index (χ1n) is 6.57. The molecule has 0 spiro atoms. The molecule has 0 aliphatic heterocycles. The molecule has 0 bridgehead atoms. The first-order valence-corrected chi connectivity index (χ1v) is 6.95. The lowest BCUT2D eigenvalue weighted by molar-refractivity contribution is 0.415. The predicted molar refractivity (Wildman–Crippen MR) is 84.4 cm³/mol. The Kier molecular flexibility index (Phi) is 3.61. The second-order valence-electron chi connectivity index (χ2n) is 4.83. The molecule has 110 valence electrons. The molecule has 0 fully saturated rings. The third kappa shape index (κ3) is 2.45. The van der Waals surface area contributed by atoms with E-state index in [9.17, 15) is 4.79 Å². The zero-order valence-corrected chi connectivity index (χ0v) is 12.5. The van der Waals surface area contributed by atoms with Crippen LogP contribution in [0.1, 0.15) is 11.1 Å². The van der Waals surface area contributed by atoms with Gasteiger partial charge in [0.15, 0.2) is 0 Å².